The number of nitrogens with zero attached hydrogens (tertiary/aromatic N) is 4. The second-order valence-corrected chi connectivity index (χ2v) is 9.23. The molecule has 3 heterocycles. The Labute approximate surface area is 162 Å². The molecule has 4 unspecified atom stereocenters. The van der Waals surface area contributed by atoms with Crippen molar-refractivity contribution in [3.63, 3.8) is 0 Å². The molecule has 0 radical (unpaired) electrons. The normalized spacial score (nSPS) is 32.4. The highest BCUT2D eigenvalue weighted by Gasteiger charge is 2.58. The van der Waals surface area contributed by atoms with Gasteiger partial charge in [-0.05, 0) is 19.3 Å². The Morgan fingerprint density at radius 2 is 2.07 bits per heavy atom. The van der Waals surface area contributed by atoms with Gasteiger partial charge in [0.05, 0.1) is 6.10 Å². The third-order valence-corrected chi connectivity index (χ3v) is 6.68. The summed E-state index contributed by atoms with van der Waals surface area (Å²) in [6.45, 7) is 10.8. The predicted molar refractivity (Wildman–Crippen MR) is 106 cm³/mol. The summed E-state index contributed by atoms with van der Waals surface area (Å²) in [6.07, 6.45) is 4.80. The first-order chi connectivity index (χ1) is 12.9. The number of aromatic nitrogens is 3. The Kier molecular flexibility index (Phi) is 4.91. The number of rotatable bonds is 3. The van der Waals surface area contributed by atoms with Gasteiger partial charge in [0.15, 0.2) is 5.96 Å². The van der Waals surface area contributed by atoms with Crippen molar-refractivity contribution in [1.29, 1.82) is 0 Å². The van der Waals surface area contributed by atoms with Crippen molar-refractivity contribution in [2.24, 2.45) is 16.3 Å². The molecule has 150 valence electrons. The van der Waals surface area contributed by atoms with Gasteiger partial charge in [-0.15, -0.1) is 10.2 Å². The molecule has 0 aromatic carbocycles. The van der Waals surface area contributed by atoms with Crippen LogP contribution in [0.25, 0.3) is 0 Å². The summed E-state index contributed by atoms with van der Waals surface area (Å²) in [5.74, 6) is 4.09. The van der Waals surface area contributed by atoms with Crippen molar-refractivity contribution >= 4 is 5.96 Å². The Bertz CT molecular complexity index is 709. The van der Waals surface area contributed by atoms with Gasteiger partial charge in [-0.3, -0.25) is 4.99 Å². The van der Waals surface area contributed by atoms with E-state index in [2.05, 4.69) is 58.1 Å². The first-order valence-electron chi connectivity index (χ1n) is 10.4. The van der Waals surface area contributed by atoms with Gasteiger partial charge in [0.1, 0.15) is 11.6 Å². The molecule has 3 aliphatic rings. The molecule has 1 saturated heterocycles. The highest BCUT2D eigenvalue weighted by Crippen LogP contribution is 2.51. The van der Waals surface area contributed by atoms with Crippen molar-refractivity contribution in [3.8, 4) is 0 Å². The number of hydrogen-bond acceptors (Lipinski definition) is 4. The zero-order valence-corrected chi connectivity index (χ0v) is 17.3. The van der Waals surface area contributed by atoms with Crippen LogP contribution in [0, 0.1) is 11.3 Å². The minimum absolute atomic E-state index is 0.140. The van der Waals surface area contributed by atoms with Gasteiger partial charge < -0.3 is 19.9 Å². The quantitative estimate of drug-likeness (QED) is 0.626. The Morgan fingerprint density at radius 3 is 2.81 bits per heavy atom. The van der Waals surface area contributed by atoms with Crippen LogP contribution >= 0.6 is 0 Å². The van der Waals surface area contributed by atoms with Gasteiger partial charge in [0.25, 0.3) is 0 Å². The highest BCUT2D eigenvalue weighted by molar-refractivity contribution is 5.80. The molecule has 27 heavy (non-hydrogen) atoms. The smallest absolute Gasteiger partial charge is 0.191 e. The third-order valence-electron chi connectivity index (χ3n) is 6.68. The largest absolute Gasteiger partial charge is 0.377 e. The summed E-state index contributed by atoms with van der Waals surface area (Å²) in [7, 11) is 1.86. The zero-order chi connectivity index (χ0) is 19.2. The fourth-order valence-electron chi connectivity index (χ4n) is 5.22. The number of hydrogen-bond donors (Lipinski definition) is 2. The monoisotopic (exact) mass is 374 g/mol. The van der Waals surface area contributed by atoms with E-state index >= 15 is 0 Å². The van der Waals surface area contributed by atoms with E-state index in [1.165, 1.54) is 12.8 Å². The summed E-state index contributed by atoms with van der Waals surface area (Å²) >= 11 is 0. The van der Waals surface area contributed by atoms with E-state index in [-0.39, 0.29) is 5.41 Å². The number of guanidine groups is 1. The van der Waals surface area contributed by atoms with Crippen molar-refractivity contribution in [2.45, 2.75) is 84.0 Å². The van der Waals surface area contributed by atoms with Gasteiger partial charge in [-0.2, -0.15) is 0 Å². The molecule has 4 atom stereocenters. The maximum Gasteiger partial charge on any atom is 0.191 e. The number of fused-ring (bicyclic) bond motifs is 2. The molecule has 2 fully saturated rings. The summed E-state index contributed by atoms with van der Waals surface area (Å²) in [5, 5.41) is 16.1. The van der Waals surface area contributed by atoms with Crippen molar-refractivity contribution < 1.29 is 4.74 Å². The van der Waals surface area contributed by atoms with Crippen LogP contribution in [0.2, 0.25) is 0 Å². The standard InChI is InChI=1S/C20H34N6O/c1-12(2)18-25-24-15-9-8-13(11-26(15)18)22-19(21-5)23-16-14-7-6-10-27-17(14)20(16,3)4/h12-14,16-17H,6-11H2,1-5H3,(H2,21,22,23). The topological polar surface area (TPSA) is 76.4 Å². The van der Waals surface area contributed by atoms with Gasteiger partial charge >= 0.3 is 0 Å². The molecule has 1 aliphatic carbocycles. The molecule has 4 rings (SSSR count). The first kappa shape index (κ1) is 18.7. The first-order valence-corrected chi connectivity index (χ1v) is 10.4. The number of aryl methyl sites for hydroxylation is 1. The van der Waals surface area contributed by atoms with Crippen LogP contribution in [0.1, 0.15) is 64.5 Å². The van der Waals surface area contributed by atoms with Crippen molar-refractivity contribution in [2.75, 3.05) is 13.7 Å². The summed E-state index contributed by atoms with van der Waals surface area (Å²) < 4.78 is 8.32. The van der Waals surface area contributed by atoms with Crippen LogP contribution in [0.5, 0.6) is 0 Å². The number of nitrogens with one attached hydrogen (secondary N) is 2. The maximum absolute atomic E-state index is 6.04. The molecule has 0 bridgehead atoms. The highest BCUT2D eigenvalue weighted by atomic mass is 16.5. The van der Waals surface area contributed by atoms with Gasteiger partial charge in [-0.1, -0.05) is 27.7 Å². The van der Waals surface area contributed by atoms with Crippen LogP contribution in [0.15, 0.2) is 4.99 Å². The van der Waals surface area contributed by atoms with Crippen LogP contribution in [-0.2, 0) is 17.7 Å². The van der Waals surface area contributed by atoms with E-state index in [0.717, 1.165) is 43.6 Å². The van der Waals surface area contributed by atoms with E-state index in [9.17, 15) is 0 Å². The number of aliphatic imine (C=N–C) groups is 1. The fraction of sp³-hybridized carbons (Fsp3) is 0.850. The summed E-state index contributed by atoms with van der Waals surface area (Å²) in [5.41, 5.74) is 0.140. The van der Waals surface area contributed by atoms with E-state index in [4.69, 9.17) is 4.74 Å². The molecule has 0 amide bonds. The minimum atomic E-state index is 0.140. The minimum Gasteiger partial charge on any atom is -0.377 e. The molecular weight excluding hydrogens is 340 g/mol. The molecule has 0 spiro atoms. The lowest BCUT2D eigenvalue weighted by atomic mass is 9.55. The predicted octanol–water partition coefficient (Wildman–Crippen LogP) is 2.08. The van der Waals surface area contributed by atoms with Crippen LogP contribution in [-0.4, -0.2) is 52.6 Å². The summed E-state index contributed by atoms with van der Waals surface area (Å²) in [4.78, 5) is 4.52. The van der Waals surface area contributed by atoms with E-state index in [1.807, 2.05) is 7.05 Å². The average molecular weight is 375 g/mol. The van der Waals surface area contributed by atoms with Gasteiger partial charge in [-0.25, -0.2) is 0 Å². The fourth-order valence-corrected chi connectivity index (χ4v) is 5.22. The average Bonchev–Trinajstić information content (AvgIpc) is 3.08. The van der Waals surface area contributed by atoms with Gasteiger partial charge in [0, 0.05) is 56.0 Å². The molecule has 1 saturated carbocycles. The van der Waals surface area contributed by atoms with E-state index in [0.29, 0.717) is 30.0 Å². The summed E-state index contributed by atoms with van der Waals surface area (Å²) in [6, 6.07) is 0.757. The van der Waals surface area contributed by atoms with Crippen LogP contribution in [0.3, 0.4) is 0 Å². The van der Waals surface area contributed by atoms with Crippen LogP contribution < -0.4 is 10.6 Å². The van der Waals surface area contributed by atoms with Crippen LogP contribution in [0.4, 0.5) is 0 Å². The van der Waals surface area contributed by atoms with Crippen molar-refractivity contribution in [1.82, 2.24) is 25.4 Å². The molecule has 7 heteroatoms. The molecule has 2 aliphatic heterocycles. The van der Waals surface area contributed by atoms with E-state index < -0.39 is 0 Å². The molecule has 2 N–H and O–H groups in total. The zero-order valence-electron chi connectivity index (χ0n) is 17.3. The SMILES string of the molecule is CN=C(NC1CCc2nnc(C(C)C)n2C1)NC1C2CCCOC2C1(C)C. The Balaban J connectivity index is 1.41. The maximum atomic E-state index is 6.04. The molecule has 7 nitrogen and oxygen atoms in total. The second kappa shape index (κ2) is 7.08. The molecular formula is C20H34N6O. The van der Waals surface area contributed by atoms with Gasteiger partial charge in [0.2, 0.25) is 0 Å². The number of ether oxygens (including phenoxy) is 1. The third kappa shape index (κ3) is 3.24. The second-order valence-electron chi connectivity index (χ2n) is 9.23. The Hall–Kier alpha value is -1.63. The molecule has 1 aromatic heterocycles. The lowest BCUT2D eigenvalue weighted by molar-refractivity contribution is -0.188. The molecule has 1 aromatic rings. The van der Waals surface area contributed by atoms with E-state index in [1.54, 1.807) is 0 Å². The van der Waals surface area contributed by atoms with Crippen molar-refractivity contribution in [3.05, 3.63) is 11.6 Å². The lowest BCUT2D eigenvalue weighted by Crippen LogP contribution is -2.71. The Morgan fingerprint density at radius 1 is 1.26 bits per heavy atom. The lowest BCUT2D eigenvalue weighted by Gasteiger charge is -2.60.